The van der Waals surface area contributed by atoms with Crippen LogP contribution in [0.1, 0.15) is 21.1 Å². The maximum atomic E-state index is 12.2. The van der Waals surface area contributed by atoms with E-state index in [1.54, 1.807) is 11.4 Å². The van der Waals surface area contributed by atoms with Crippen molar-refractivity contribution in [1.82, 2.24) is 4.98 Å². The van der Waals surface area contributed by atoms with Crippen molar-refractivity contribution in [2.24, 2.45) is 0 Å². The zero-order valence-electron chi connectivity index (χ0n) is 12.5. The van der Waals surface area contributed by atoms with E-state index in [4.69, 9.17) is 0 Å². The second-order valence-corrected chi connectivity index (χ2v) is 5.99. The van der Waals surface area contributed by atoms with Gasteiger partial charge < -0.3 is 5.32 Å². The van der Waals surface area contributed by atoms with Crippen LogP contribution in [-0.2, 0) is 6.42 Å². The Morgan fingerprint density at radius 1 is 1.17 bits per heavy atom. The standard InChI is InChI=1S/C17H13N3O3S/c21-17(18-13-7-4-8-14(10-13)20(22)23)15-11-24-16(19-15)9-12-5-2-1-3-6-12/h1-8,10-11H,9H2,(H,18,21). The third-order valence-corrected chi connectivity index (χ3v) is 4.15. The highest BCUT2D eigenvalue weighted by molar-refractivity contribution is 7.09. The highest BCUT2D eigenvalue weighted by Crippen LogP contribution is 2.19. The number of hydrogen-bond acceptors (Lipinski definition) is 5. The maximum absolute atomic E-state index is 12.2. The number of rotatable bonds is 5. The van der Waals surface area contributed by atoms with E-state index >= 15 is 0 Å². The number of carbonyl (C=O) groups excluding carboxylic acids is 1. The van der Waals surface area contributed by atoms with E-state index in [1.807, 2.05) is 30.3 Å². The number of nitrogens with one attached hydrogen (secondary N) is 1. The molecule has 0 bridgehead atoms. The lowest BCUT2D eigenvalue weighted by Crippen LogP contribution is -2.12. The lowest BCUT2D eigenvalue weighted by molar-refractivity contribution is -0.384. The molecule has 0 aliphatic carbocycles. The molecule has 0 fully saturated rings. The largest absolute Gasteiger partial charge is 0.320 e. The molecule has 0 radical (unpaired) electrons. The van der Waals surface area contributed by atoms with E-state index in [0.29, 0.717) is 17.8 Å². The molecule has 0 saturated carbocycles. The van der Waals surface area contributed by atoms with Gasteiger partial charge >= 0.3 is 0 Å². The summed E-state index contributed by atoms with van der Waals surface area (Å²) in [6, 6.07) is 15.7. The highest BCUT2D eigenvalue weighted by atomic mass is 32.1. The number of hydrogen-bond donors (Lipinski definition) is 1. The number of nitro benzene ring substituents is 1. The van der Waals surface area contributed by atoms with Crippen molar-refractivity contribution >= 4 is 28.6 Å². The molecule has 0 atom stereocenters. The average molecular weight is 339 g/mol. The van der Waals surface area contributed by atoms with Crippen molar-refractivity contribution in [2.45, 2.75) is 6.42 Å². The third kappa shape index (κ3) is 3.82. The summed E-state index contributed by atoms with van der Waals surface area (Å²) < 4.78 is 0. The first-order valence-corrected chi connectivity index (χ1v) is 8.04. The number of nitrogens with zero attached hydrogens (tertiary/aromatic N) is 2. The van der Waals surface area contributed by atoms with Crippen LogP contribution in [0.25, 0.3) is 0 Å². The van der Waals surface area contributed by atoms with Crippen LogP contribution in [0, 0.1) is 10.1 Å². The van der Waals surface area contributed by atoms with Gasteiger partial charge in [-0.1, -0.05) is 36.4 Å². The van der Waals surface area contributed by atoms with Crippen LogP contribution in [0.5, 0.6) is 0 Å². The fraction of sp³-hybridized carbons (Fsp3) is 0.0588. The van der Waals surface area contributed by atoms with Gasteiger partial charge in [0.25, 0.3) is 11.6 Å². The number of nitro groups is 1. The molecule has 0 unspecified atom stereocenters. The molecule has 6 nitrogen and oxygen atoms in total. The lowest BCUT2D eigenvalue weighted by atomic mass is 10.2. The summed E-state index contributed by atoms with van der Waals surface area (Å²) in [5.41, 5.74) is 1.72. The molecule has 0 saturated heterocycles. The monoisotopic (exact) mass is 339 g/mol. The van der Waals surface area contributed by atoms with Crippen molar-refractivity contribution in [1.29, 1.82) is 0 Å². The van der Waals surface area contributed by atoms with Crippen molar-refractivity contribution in [2.75, 3.05) is 5.32 Å². The quantitative estimate of drug-likeness (QED) is 0.564. The second-order valence-electron chi connectivity index (χ2n) is 5.05. The van der Waals surface area contributed by atoms with Gasteiger partial charge in [-0.15, -0.1) is 11.3 Å². The number of benzene rings is 2. The van der Waals surface area contributed by atoms with Crippen LogP contribution >= 0.6 is 11.3 Å². The van der Waals surface area contributed by atoms with Crippen molar-refractivity contribution in [3.05, 3.63) is 86.4 Å². The zero-order chi connectivity index (χ0) is 16.9. The summed E-state index contributed by atoms with van der Waals surface area (Å²) in [6.07, 6.45) is 0.662. The first-order valence-electron chi connectivity index (χ1n) is 7.16. The van der Waals surface area contributed by atoms with Gasteiger partial charge in [-0.2, -0.15) is 0 Å². The minimum absolute atomic E-state index is 0.0733. The van der Waals surface area contributed by atoms with Crippen molar-refractivity contribution in [3.63, 3.8) is 0 Å². The van der Waals surface area contributed by atoms with Gasteiger partial charge in [-0.3, -0.25) is 14.9 Å². The second kappa shape index (κ2) is 7.01. The molecule has 0 spiro atoms. The molecule has 3 aromatic rings. The number of anilines is 1. The Kier molecular flexibility index (Phi) is 4.62. The molecule has 120 valence electrons. The molecule has 24 heavy (non-hydrogen) atoms. The van der Waals surface area contributed by atoms with E-state index in [0.717, 1.165) is 10.6 Å². The summed E-state index contributed by atoms with van der Waals surface area (Å²) in [6.45, 7) is 0. The molecule has 2 aromatic carbocycles. The number of thiazole rings is 1. The van der Waals surface area contributed by atoms with Gasteiger partial charge in [0.05, 0.1) is 9.93 Å². The first kappa shape index (κ1) is 15.8. The first-order chi connectivity index (χ1) is 11.6. The van der Waals surface area contributed by atoms with E-state index in [-0.39, 0.29) is 11.6 Å². The van der Waals surface area contributed by atoms with Crippen molar-refractivity contribution < 1.29 is 9.72 Å². The average Bonchev–Trinajstić information content (AvgIpc) is 3.04. The van der Waals surface area contributed by atoms with E-state index in [2.05, 4.69) is 10.3 Å². The Labute approximate surface area is 141 Å². The Morgan fingerprint density at radius 3 is 2.71 bits per heavy atom. The van der Waals surface area contributed by atoms with E-state index < -0.39 is 4.92 Å². The number of aromatic nitrogens is 1. The molecular weight excluding hydrogens is 326 g/mol. The topological polar surface area (TPSA) is 85.1 Å². The maximum Gasteiger partial charge on any atom is 0.275 e. The highest BCUT2D eigenvalue weighted by Gasteiger charge is 2.13. The normalized spacial score (nSPS) is 10.3. The molecule has 1 amide bonds. The summed E-state index contributed by atoms with van der Waals surface area (Å²) >= 11 is 1.41. The smallest absolute Gasteiger partial charge is 0.275 e. The number of non-ortho nitro benzene ring substituents is 1. The molecule has 1 N–H and O–H groups in total. The number of carbonyl (C=O) groups is 1. The molecule has 0 aliphatic heterocycles. The molecular formula is C17H13N3O3S. The minimum atomic E-state index is -0.504. The van der Waals surface area contributed by atoms with Crippen LogP contribution in [0.2, 0.25) is 0 Å². The van der Waals surface area contributed by atoms with Crippen LogP contribution in [0.15, 0.2) is 60.0 Å². The van der Waals surface area contributed by atoms with Crippen LogP contribution < -0.4 is 5.32 Å². The Bertz CT molecular complexity index is 878. The van der Waals surface area contributed by atoms with Gasteiger partial charge in [-0.05, 0) is 11.6 Å². The third-order valence-electron chi connectivity index (χ3n) is 3.30. The predicted molar refractivity (Wildman–Crippen MR) is 92.4 cm³/mol. The summed E-state index contributed by atoms with van der Waals surface area (Å²) in [4.78, 5) is 26.8. The fourth-order valence-corrected chi connectivity index (χ4v) is 2.97. The van der Waals surface area contributed by atoms with Gasteiger partial charge in [0.1, 0.15) is 5.69 Å². The van der Waals surface area contributed by atoms with Crippen LogP contribution in [-0.4, -0.2) is 15.8 Å². The minimum Gasteiger partial charge on any atom is -0.320 e. The molecule has 3 rings (SSSR count). The summed E-state index contributed by atoms with van der Waals surface area (Å²) in [5.74, 6) is -0.383. The van der Waals surface area contributed by atoms with Gasteiger partial charge in [0.2, 0.25) is 0 Å². The Morgan fingerprint density at radius 2 is 1.96 bits per heavy atom. The Hall–Kier alpha value is -3.06. The molecule has 1 aromatic heterocycles. The summed E-state index contributed by atoms with van der Waals surface area (Å²) in [7, 11) is 0. The van der Waals surface area contributed by atoms with Crippen LogP contribution in [0.4, 0.5) is 11.4 Å². The Balaban J connectivity index is 1.70. The molecule has 0 aliphatic rings. The number of amides is 1. The predicted octanol–water partition coefficient (Wildman–Crippen LogP) is 3.89. The van der Waals surface area contributed by atoms with Crippen molar-refractivity contribution in [3.8, 4) is 0 Å². The van der Waals surface area contributed by atoms with Gasteiger partial charge in [0.15, 0.2) is 0 Å². The van der Waals surface area contributed by atoms with Gasteiger partial charge in [0, 0.05) is 29.6 Å². The zero-order valence-corrected chi connectivity index (χ0v) is 13.3. The lowest BCUT2D eigenvalue weighted by Gasteiger charge is -2.02. The summed E-state index contributed by atoms with van der Waals surface area (Å²) in [5, 5.41) is 15.9. The van der Waals surface area contributed by atoms with E-state index in [9.17, 15) is 14.9 Å². The molecule has 1 heterocycles. The SMILES string of the molecule is O=C(Nc1cccc([N+](=O)[O-])c1)c1csc(Cc2ccccc2)n1. The fourth-order valence-electron chi connectivity index (χ4n) is 2.16. The van der Waals surface area contributed by atoms with Crippen LogP contribution in [0.3, 0.4) is 0 Å². The van der Waals surface area contributed by atoms with E-state index in [1.165, 1.54) is 29.5 Å². The molecule has 7 heteroatoms. The van der Waals surface area contributed by atoms with Gasteiger partial charge in [-0.25, -0.2) is 4.98 Å².